The molecule has 0 aliphatic rings. The van der Waals surface area contributed by atoms with Crippen LogP contribution in [0.3, 0.4) is 0 Å². The van der Waals surface area contributed by atoms with Crippen molar-refractivity contribution in [2.45, 2.75) is 13.8 Å². The highest BCUT2D eigenvalue weighted by molar-refractivity contribution is 6.39. The Morgan fingerprint density at radius 1 is 1.50 bits per heavy atom. The van der Waals surface area contributed by atoms with E-state index < -0.39 is 17.5 Å². The summed E-state index contributed by atoms with van der Waals surface area (Å²) in [5, 5.41) is 9.46. The van der Waals surface area contributed by atoms with Crippen molar-refractivity contribution in [3.63, 3.8) is 0 Å². The fourth-order valence-corrected chi connectivity index (χ4v) is 1.03. The molecule has 0 radical (unpaired) electrons. The van der Waals surface area contributed by atoms with Gasteiger partial charge in [0.2, 0.25) is 0 Å². The third-order valence-electron chi connectivity index (χ3n) is 1.74. The fraction of sp³-hybridized carbons (Fsp3) is 0.273. The second-order valence-corrected chi connectivity index (χ2v) is 3.02. The Labute approximate surface area is 92.3 Å². The summed E-state index contributed by atoms with van der Waals surface area (Å²) in [6, 6.07) is 3.13. The van der Waals surface area contributed by atoms with Gasteiger partial charge in [0.1, 0.15) is 5.76 Å². The molecule has 0 bridgehead atoms. The van der Waals surface area contributed by atoms with Crippen LogP contribution in [0, 0.1) is 6.92 Å². The number of aliphatic hydroxyl groups is 1. The summed E-state index contributed by atoms with van der Waals surface area (Å²) in [4.78, 5) is 22.1. The number of furan rings is 1. The van der Waals surface area contributed by atoms with Gasteiger partial charge in [-0.25, -0.2) is 4.79 Å². The van der Waals surface area contributed by atoms with E-state index in [0.717, 1.165) is 6.08 Å². The van der Waals surface area contributed by atoms with Crippen LogP contribution >= 0.6 is 0 Å². The summed E-state index contributed by atoms with van der Waals surface area (Å²) in [5.41, 5.74) is 0. The number of ketones is 1. The van der Waals surface area contributed by atoms with Gasteiger partial charge in [-0.3, -0.25) is 4.79 Å². The molecule has 0 atom stereocenters. The summed E-state index contributed by atoms with van der Waals surface area (Å²) < 4.78 is 9.53. The van der Waals surface area contributed by atoms with Crippen molar-refractivity contribution in [3.05, 3.63) is 29.7 Å². The van der Waals surface area contributed by atoms with E-state index in [-0.39, 0.29) is 12.4 Å². The second-order valence-electron chi connectivity index (χ2n) is 3.02. The molecule has 0 aliphatic carbocycles. The number of carbonyl (C=O) groups is 2. The minimum Gasteiger partial charge on any atom is -0.504 e. The number of esters is 1. The van der Waals surface area contributed by atoms with Crippen LogP contribution in [-0.4, -0.2) is 23.5 Å². The average molecular weight is 224 g/mol. The molecule has 86 valence electrons. The predicted octanol–water partition coefficient (Wildman–Crippen LogP) is 1.62. The monoisotopic (exact) mass is 224 g/mol. The van der Waals surface area contributed by atoms with E-state index in [1.54, 1.807) is 19.9 Å². The molecule has 16 heavy (non-hydrogen) atoms. The molecule has 0 amide bonds. The molecule has 0 saturated carbocycles. The Kier molecular flexibility index (Phi) is 3.88. The van der Waals surface area contributed by atoms with E-state index in [4.69, 9.17) is 4.42 Å². The van der Waals surface area contributed by atoms with Crippen molar-refractivity contribution in [2.75, 3.05) is 6.61 Å². The van der Waals surface area contributed by atoms with Crippen LogP contribution in [0.15, 0.2) is 22.6 Å². The van der Waals surface area contributed by atoms with Crippen molar-refractivity contribution in [1.29, 1.82) is 0 Å². The minimum atomic E-state index is -1.00. The Hall–Kier alpha value is -2.04. The van der Waals surface area contributed by atoms with E-state index >= 15 is 0 Å². The van der Waals surface area contributed by atoms with Crippen LogP contribution in [0.1, 0.15) is 18.4 Å². The van der Waals surface area contributed by atoms with Crippen LogP contribution in [-0.2, 0) is 14.3 Å². The predicted molar refractivity (Wildman–Crippen MR) is 55.7 cm³/mol. The maximum absolute atomic E-state index is 11.2. The first kappa shape index (κ1) is 12.0. The van der Waals surface area contributed by atoms with Crippen molar-refractivity contribution in [1.82, 2.24) is 0 Å². The fourth-order valence-electron chi connectivity index (χ4n) is 1.03. The molecule has 1 N–H and O–H groups in total. The van der Waals surface area contributed by atoms with E-state index in [1.807, 2.05) is 0 Å². The molecular weight excluding hydrogens is 212 g/mol. The van der Waals surface area contributed by atoms with Gasteiger partial charge in [-0.2, -0.15) is 0 Å². The third kappa shape index (κ3) is 2.98. The largest absolute Gasteiger partial charge is 0.504 e. The zero-order valence-electron chi connectivity index (χ0n) is 9.02. The number of carbonyl (C=O) groups excluding carboxylic acids is 2. The number of hydrogen-bond donors (Lipinski definition) is 1. The number of rotatable bonds is 4. The van der Waals surface area contributed by atoms with Gasteiger partial charge in [0.05, 0.1) is 6.61 Å². The van der Waals surface area contributed by atoms with Gasteiger partial charge in [-0.15, -0.1) is 0 Å². The van der Waals surface area contributed by atoms with Gasteiger partial charge in [-0.1, -0.05) is 0 Å². The third-order valence-corrected chi connectivity index (χ3v) is 1.74. The molecule has 1 heterocycles. The van der Waals surface area contributed by atoms with Gasteiger partial charge in [0, 0.05) is 6.08 Å². The lowest BCUT2D eigenvalue weighted by molar-refractivity contribution is -0.151. The highest BCUT2D eigenvalue weighted by Crippen LogP contribution is 2.14. The van der Waals surface area contributed by atoms with Crippen LogP contribution in [0.5, 0.6) is 0 Å². The lowest BCUT2D eigenvalue weighted by atomic mass is 10.3. The van der Waals surface area contributed by atoms with Crippen molar-refractivity contribution < 1.29 is 23.8 Å². The number of ether oxygens (including phenoxy) is 1. The first-order valence-electron chi connectivity index (χ1n) is 4.73. The first-order valence-corrected chi connectivity index (χ1v) is 4.73. The van der Waals surface area contributed by atoms with Crippen molar-refractivity contribution in [2.24, 2.45) is 0 Å². The Morgan fingerprint density at radius 2 is 2.19 bits per heavy atom. The van der Waals surface area contributed by atoms with Crippen molar-refractivity contribution >= 4 is 17.5 Å². The molecule has 5 heteroatoms. The smallest absolute Gasteiger partial charge is 0.379 e. The summed E-state index contributed by atoms with van der Waals surface area (Å²) in [7, 11) is 0. The molecule has 1 aromatic rings. The van der Waals surface area contributed by atoms with E-state index in [2.05, 4.69) is 4.74 Å². The van der Waals surface area contributed by atoms with Crippen LogP contribution in [0.2, 0.25) is 0 Å². The lowest BCUT2D eigenvalue weighted by Gasteiger charge is -1.97. The molecular formula is C11H12O5. The van der Waals surface area contributed by atoms with Crippen LogP contribution in [0.25, 0.3) is 5.76 Å². The van der Waals surface area contributed by atoms with Crippen LogP contribution < -0.4 is 0 Å². The van der Waals surface area contributed by atoms with E-state index in [9.17, 15) is 14.7 Å². The molecule has 0 aromatic carbocycles. The zero-order valence-corrected chi connectivity index (χ0v) is 9.02. The second kappa shape index (κ2) is 5.16. The standard InChI is InChI=1S/C11H12O5/c1-3-15-11(14)9(13)6-8(12)10-5-4-7(2)16-10/h4-6,12H,3H2,1-2H3/b8-6+. The highest BCUT2D eigenvalue weighted by Gasteiger charge is 2.14. The molecule has 0 unspecified atom stereocenters. The van der Waals surface area contributed by atoms with E-state index in [0.29, 0.717) is 5.76 Å². The first-order chi connectivity index (χ1) is 7.54. The number of hydrogen-bond acceptors (Lipinski definition) is 5. The zero-order chi connectivity index (χ0) is 12.1. The van der Waals surface area contributed by atoms with E-state index in [1.165, 1.54) is 6.07 Å². The van der Waals surface area contributed by atoms with Crippen molar-refractivity contribution in [3.8, 4) is 0 Å². The maximum Gasteiger partial charge on any atom is 0.379 e. The van der Waals surface area contributed by atoms with Gasteiger partial charge in [-0.05, 0) is 26.0 Å². The lowest BCUT2D eigenvalue weighted by Crippen LogP contribution is -2.15. The Bertz CT molecular complexity index is 427. The summed E-state index contributed by atoms with van der Waals surface area (Å²) in [5.74, 6) is -1.59. The molecule has 1 aromatic heterocycles. The minimum absolute atomic E-state index is 0.110. The normalized spacial score (nSPS) is 11.2. The molecule has 0 saturated heterocycles. The molecule has 0 spiro atoms. The topological polar surface area (TPSA) is 76.7 Å². The molecule has 5 nitrogen and oxygen atoms in total. The number of aryl methyl sites for hydroxylation is 1. The van der Waals surface area contributed by atoms with Gasteiger partial charge in [0.15, 0.2) is 11.5 Å². The summed E-state index contributed by atoms with van der Waals surface area (Å²) in [6.07, 6.45) is 0.774. The van der Waals surface area contributed by atoms with Gasteiger partial charge >= 0.3 is 5.97 Å². The quantitative estimate of drug-likeness (QED) is 0.364. The SMILES string of the molecule is CCOC(=O)C(=O)/C=C(/O)c1ccc(C)o1. The molecule has 1 rings (SSSR count). The molecule has 0 fully saturated rings. The summed E-state index contributed by atoms with van der Waals surface area (Å²) >= 11 is 0. The Balaban J connectivity index is 2.77. The summed E-state index contributed by atoms with van der Waals surface area (Å²) in [6.45, 7) is 3.40. The maximum atomic E-state index is 11.2. The Morgan fingerprint density at radius 3 is 2.69 bits per heavy atom. The van der Waals surface area contributed by atoms with Crippen LogP contribution in [0.4, 0.5) is 0 Å². The highest BCUT2D eigenvalue weighted by atomic mass is 16.5. The van der Waals surface area contributed by atoms with Gasteiger partial charge < -0.3 is 14.3 Å². The number of aliphatic hydroxyl groups excluding tert-OH is 1. The average Bonchev–Trinajstić information content (AvgIpc) is 2.65. The molecule has 0 aliphatic heterocycles. The van der Waals surface area contributed by atoms with Gasteiger partial charge in [0.25, 0.3) is 5.78 Å².